The van der Waals surface area contributed by atoms with E-state index in [1.165, 1.54) is 6.92 Å². The number of rotatable bonds is 5. The van der Waals surface area contributed by atoms with Crippen LogP contribution >= 0.6 is 0 Å². The fourth-order valence-corrected chi connectivity index (χ4v) is 3.21. The maximum Gasteiger partial charge on any atom is 0.246 e. The van der Waals surface area contributed by atoms with Crippen LogP contribution in [0.15, 0.2) is 9.42 Å². The molecule has 0 bridgehead atoms. The van der Waals surface area contributed by atoms with Crippen LogP contribution in [0.2, 0.25) is 0 Å². The highest BCUT2D eigenvalue weighted by Gasteiger charge is 2.27. The molecule has 0 aromatic carbocycles. The summed E-state index contributed by atoms with van der Waals surface area (Å²) in [5.41, 5.74) is 0.315. The Morgan fingerprint density at radius 1 is 1.41 bits per heavy atom. The summed E-state index contributed by atoms with van der Waals surface area (Å²) < 4.78 is 31.4. The molecule has 98 valence electrons. The van der Waals surface area contributed by atoms with Gasteiger partial charge in [-0.1, -0.05) is 19.0 Å². The Labute approximate surface area is 101 Å². The Morgan fingerprint density at radius 3 is 2.35 bits per heavy atom. The molecule has 0 fully saturated rings. The van der Waals surface area contributed by atoms with Crippen LogP contribution in [0.1, 0.15) is 25.3 Å². The van der Waals surface area contributed by atoms with E-state index in [0.717, 1.165) is 0 Å². The Bertz CT molecular complexity index is 459. The van der Waals surface area contributed by atoms with E-state index >= 15 is 0 Å². The first-order valence-electron chi connectivity index (χ1n) is 5.35. The molecular formula is C10H18N2O4S. The second-order valence-corrected chi connectivity index (χ2v) is 5.96. The van der Waals surface area contributed by atoms with E-state index < -0.39 is 16.1 Å². The average Bonchev–Trinajstić information content (AvgIpc) is 2.55. The molecule has 2 N–H and O–H groups in total. The van der Waals surface area contributed by atoms with E-state index in [0.29, 0.717) is 5.69 Å². The molecule has 6 nitrogen and oxygen atoms in total. The number of hydrogen-bond acceptors (Lipinski definition) is 5. The summed E-state index contributed by atoms with van der Waals surface area (Å²) in [6.45, 7) is 6.51. The number of nitrogens with one attached hydrogen (secondary N) is 1. The number of aromatic nitrogens is 1. The van der Waals surface area contributed by atoms with Crippen molar-refractivity contribution in [2.24, 2.45) is 5.92 Å². The molecule has 1 heterocycles. The Kier molecular flexibility index (Phi) is 4.29. The molecule has 0 saturated heterocycles. The van der Waals surface area contributed by atoms with Crippen molar-refractivity contribution < 1.29 is 18.0 Å². The van der Waals surface area contributed by atoms with Gasteiger partial charge in [0.05, 0.1) is 6.61 Å². The van der Waals surface area contributed by atoms with Gasteiger partial charge in [-0.2, -0.15) is 0 Å². The topological polar surface area (TPSA) is 92.4 Å². The summed E-state index contributed by atoms with van der Waals surface area (Å²) in [4.78, 5) is 0.0524. The SMILES string of the molecule is Cc1noc(C)c1S(=O)(=O)NC(CO)C(C)C. The van der Waals surface area contributed by atoms with Crippen molar-refractivity contribution in [1.29, 1.82) is 0 Å². The summed E-state index contributed by atoms with van der Waals surface area (Å²) >= 11 is 0. The van der Waals surface area contributed by atoms with E-state index in [1.807, 2.05) is 13.8 Å². The van der Waals surface area contributed by atoms with Crippen molar-refractivity contribution >= 4 is 10.0 Å². The van der Waals surface area contributed by atoms with Crippen LogP contribution in [-0.4, -0.2) is 31.3 Å². The summed E-state index contributed by atoms with van der Waals surface area (Å²) in [6.07, 6.45) is 0. The fourth-order valence-electron chi connectivity index (χ4n) is 1.50. The van der Waals surface area contributed by atoms with Gasteiger partial charge < -0.3 is 9.63 Å². The maximum atomic E-state index is 12.1. The van der Waals surface area contributed by atoms with E-state index in [1.54, 1.807) is 6.92 Å². The van der Waals surface area contributed by atoms with Crippen LogP contribution in [0, 0.1) is 19.8 Å². The van der Waals surface area contributed by atoms with Gasteiger partial charge in [0.25, 0.3) is 0 Å². The molecule has 0 saturated carbocycles. The van der Waals surface area contributed by atoms with Gasteiger partial charge >= 0.3 is 0 Å². The normalized spacial score (nSPS) is 14.2. The molecule has 0 spiro atoms. The predicted octanol–water partition coefficient (Wildman–Crippen LogP) is 0.587. The molecule has 1 rings (SSSR count). The number of sulfonamides is 1. The van der Waals surface area contributed by atoms with E-state index in [2.05, 4.69) is 9.88 Å². The van der Waals surface area contributed by atoms with Crippen LogP contribution in [-0.2, 0) is 10.0 Å². The Hall–Kier alpha value is -0.920. The first-order valence-corrected chi connectivity index (χ1v) is 6.84. The average molecular weight is 262 g/mol. The zero-order chi connectivity index (χ0) is 13.2. The number of nitrogens with zero attached hydrogens (tertiary/aromatic N) is 1. The summed E-state index contributed by atoms with van der Waals surface area (Å²) in [6, 6.07) is -0.520. The first-order chi connectivity index (χ1) is 7.79. The molecule has 1 aromatic heterocycles. The first kappa shape index (κ1) is 14.1. The van der Waals surface area contributed by atoms with Crippen LogP contribution in [0.25, 0.3) is 0 Å². The summed E-state index contributed by atoms with van der Waals surface area (Å²) in [5.74, 6) is 0.241. The predicted molar refractivity (Wildman–Crippen MR) is 62.0 cm³/mol. The second kappa shape index (κ2) is 5.16. The largest absolute Gasteiger partial charge is 0.395 e. The molecule has 0 aliphatic heterocycles. The third-order valence-electron chi connectivity index (χ3n) is 2.54. The standard InChI is InChI=1S/C10H18N2O4S/c1-6(2)9(5-13)12-17(14,15)10-7(3)11-16-8(10)4/h6,9,12-13H,5H2,1-4H3. The molecule has 0 aliphatic rings. The third-order valence-corrected chi connectivity index (χ3v) is 4.28. The maximum absolute atomic E-state index is 12.1. The van der Waals surface area contributed by atoms with E-state index in [4.69, 9.17) is 9.63 Å². The van der Waals surface area contributed by atoms with E-state index in [-0.39, 0.29) is 23.2 Å². The van der Waals surface area contributed by atoms with E-state index in [9.17, 15) is 8.42 Å². The zero-order valence-electron chi connectivity index (χ0n) is 10.4. The highest BCUT2D eigenvalue weighted by atomic mass is 32.2. The molecule has 0 amide bonds. The molecule has 17 heavy (non-hydrogen) atoms. The fraction of sp³-hybridized carbons (Fsp3) is 0.700. The van der Waals surface area contributed by atoms with Crippen molar-refractivity contribution in [1.82, 2.24) is 9.88 Å². The lowest BCUT2D eigenvalue weighted by molar-refractivity contribution is 0.227. The molecule has 7 heteroatoms. The van der Waals surface area contributed by atoms with Crippen molar-refractivity contribution in [3.8, 4) is 0 Å². The van der Waals surface area contributed by atoms with Gasteiger partial charge in [-0.15, -0.1) is 0 Å². The minimum absolute atomic E-state index is 0.00440. The van der Waals surface area contributed by atoms with Gasteiger partial charge in [0.15, 0.2) is 5.76 Å². The van der Waals surface area contributed by atoms with Gasteiger partial charge in [-0.05, 0) is 19.8 Å². The molecular weight excluding hydrogens is 244 g/mol. The van der Waals surface area contributed by atoms with Crippen LogP contribution < -0.4 is 4.72 Å². The number of aliphatic hydroxyl groups is 1. The zero-order valence-corrected chi connectivity index (χ0v) is 11.2. The van der Waals surface area contributed by atoms with Crippen LogP contribution in [0.4, 0.5) is 0 Å². The van der Waals surface area contributed by atoms with Crippen molar-refractivity contribution in [3.05, 3.63) is 11.5 Å². The molecule has 0 aliphatic carbocycles. The summed E-state index contributed by atoms with van der Waals surface area (Å²) in [5, 5.41) is 12.7. The minimum atomic E-state index is -3.70. The number of hydrogen-bond donors (Lipinski definition) is 2. The lowest BCUT2D eigenvalue weighted by Crippen LogP contribution is -2.41. The smallest absolute Gasteiger partial charge is 0.246 e. The monoisotopic (exact) mass is 262 g/mol. The Balaban J connectivity index is 3.05. The lowest BCUT2D eigenvalue weighted by atomic mass is 10.1. The van der Waals surface area contributed by atoms with Gasteiger partial charge in [0, 0.05) is 6.04 Å². The van der Waals surface area contributed by atoms with Gasteiger partial charge in [0.1, 0.15) is 10.6 Å². The molecule has 1 atom stereocenters. The molecule has 0 radical (unpaired) electrons. The van der Waals surface area contributed by atoms with Gasteiger partial charge in [-0.25, -0.2) is 13.1 Å². The number of aryl methyl sites for hydroxylation is 2. The van der Waals surface area contributed by atoms with Crippen LogP contribution in [0.3, 0.4) is 0 Å². The van der Waals surface area contributed by atoms with Crippen molar-refractivity contribution in [3.63, 3.8) is 0 Å². The van der Waals surface area contributed by atoms with Gasteiger partial charge in [-0.3, -0.25) is 0 Å². The van der Waals surface area contributed by atoms with Gasteiger partial charge in [0.2, 0.25) is 10.0 Å². The minimum Gasteiger partial charge on any atom is -0.395 e. The highest BCUT2D eigenvalue weighted by molar-refractivity contribution is 7.89. The van der Waals surface area contributed by atoms with Crippen molar-refractivity contribution in [2.45, 2.75) is 38.6 Å². The number of aliphatic hydroxyl groups excluding tert-OH is 1. The highest BCUT2D eigenvalue weighted by Crippen LogP contribution is 2.19. The molecule has 1 aromatic rings. The summed E-state index contributed by atoms with van der Waals surface area (Å²) in [7, 11) is -3.70. The Morgan fingerprint density at radius 2 is 2.00 bits per heavy atom. The second-order valence-electron chi connectivity index (χ2n) is 4.31. The lowest BCUT2D eigenvalue weighted by Gasteiger charge is -2.19. The van der Waals surface area contributed by atoms with Crippen molar-refractivity contribution in [2.75, 3.05) is 6.61 Å². The quantitative estimate of drug-likeness (QED) is 0.810. The third kappa shape index (κ3) is 3.05. The molecule has 1 unspecified atom stereocenters. The van der Waals surface area contributed by atoms with Crippen LogP contribution in [0.5, 0.6) is 0 Å².